The van der Waals surface area contributed by atoms with Gasteiger partial charge in [-0.05, 0) is 68.2 Å². The number of allylic oxidation sites excluding steroid dienone is 1. The van der Waals surface area contributed by atoms with Crippen LogP contribution in [0.2, 0.25) is 5.02 Å². The van der Waals surface area contributed by atoms with Crippen molar-refractivity contribution in [2.24, 2.45) is 0 Å². The van der Waals surface area contributed by atoms with E-state index in [1.54, 1.807) is 19.9 Å². The van der Waals surface area contributed by atoms with E-state index < -0.39 is 28.8 Å². The van der Waals surface area contributed by atoms with Crippen molar-refractivity contribution in [3.05, 3.63) is 58.6 Å². The minimum atomic E-state index is -4.66. The number of unbranched alkanes of at least 4 members (excludes halogenated alkanes) is 2. The van der Waals surface area contributed by atoms with Gasteiger partial charge in [-0.3, -0.25) is 0 Å². The molecule has 0 bridgehead atoms. The molecule has 0 aliphatic heterocycles. The monoisotopic (exact) mass is 553 g/mol. The summed E-state index contributed by atoms with van der Waals surface area (Å²) in [5.74, 6) is -0.475. The van der Waals surface area contributed by atoms with Crippen molar-refractivity contribution in [3.63, 3.8) is 0 Å². The van der Waals surface area contributed by atoms with Crippen LogP contribution in [-0.2, 0) is 15.7 Å². The van der Waals surface area contributed by atoms with Gasteiger partial charge in [0.1, 0.15) is 0 Å². The Balaban J connectivity index is 2.43. The first-order valence-corrected chi connectivity index (χ1v) is 13.1. The molecule has 0 aliphatic carbocycles. The summed E-state index contributed by atoms with van der Waals surface area (Å²) in [6.45, 7) is 9.46. The molecule has 6 nitrogen and oxygen atoms in total. The number of ether oxygens (including phenoxy) is 1. The maximum absolute atomic E-state index is 13.3. The van der Waals surface area contributed by atoms with Crippen molar-refractivity contribution < 1.29 is 27.5 Å². The van der Waals surface area contributed by atoms with E-state index in [9.17, 15) is 22.8 Å². The molecular weight excluding hydrogens is 519 g/mol. The van der Waals surface area contributed by atoms with E-state index in [0.717, 1.165) is 56.6 Å². The molecule has 10 heteroatoms. The molecule has 38 heavy (non-hydrogen) atoms. The van der Waals surface area contributed by atoms with Gasteiger partial charge in [0.15, 0.2) is 0 Å². The minimum absolute atomic E-state index is 0.0517. The summed E-state index contributed by atoms with van der Waals surface area (Å²) in [5.41, 5.74) is 1.48. The molecular formula is C28H35ClF3N3O3. The fourth-order valence-corrected chi connectivity index (χ4v) is 3.98. The number of halogens is 4. The predicted molar refractivity (Wildman–Crippen MR) is 148 cm³/mol. The van der Waals surface area contributed by atoms with Crippen LogP contribution in [0.1, 0.15) is 64.5 Å². The van der Waals surface area contributed by atoms with Crippen LogP contribution in [0.3, 0.4) is 0 Å². The van der Waals surface area contributed by atoms with Gasteiger partial charge in [0.2, 0.25) is 0 Å². The van der Waals surface area contributed by atoms with Crippen LogP contribution in [0, 0.1) is 0 Å². The quantitative estimate of drug-likeness (QED) is 0.204. The number of hydrogen-bond acceptors (Lipinski definition) is 4. The predicted octanol–water partition coefficient (Wildman–Crippen LogP) is 8.38. The summed E-state index contributed by atoms with van der Waals surface area (Å²) in [4.78, 5) is 27.1. The van der Waals surface area contributed by atoms with Crippen LogP contribution >= 0.6 is 11.6 Å². The summed E-state index contributed by atoms with van der Waals surface area (Å²) < 4.78 is 44.8. The molecule has 2 aromatic carbocycles. The molecule has 208 valence electrons. The van der Waals surface area contributed by atoms with E-state index in [4.69, 9.17) is 16.3 Å². The summed E-state index contributed by atoms with van der Waals surface area (Å²) in [5, 5.41) is 4.80. The van der Waals surface area contributed by atoms with Gasteiger partial charge in [-0.25, -0.2) is 9.59 Å². The van der Waals surface area contributed by atoms with Gasteiger partial charge in [-0.1, -0.05) is 44.4 Å². The van der Waals surface area contributed by atoms with Gasteiger partial charge in [0.25, 0.3) is 0 Å². The molecule has 0 atom stereocenters. The third kappa shape index (κ3) is 9.28. The Morgan fingerprint density at radius 2 is 1.66 bits per heavy atom. The molecule has 0 saturated heterocycles. The van der Waals surface area contributed by atoms with Crippen LogP contribution in [0.15, 0.2) is 42.5 Å². The van der Waals surface area contributed by atoms with Crippen LogP contribution in [0.25, 0.3) is 5.57 Å². The van der Waals surface area contributed by atoms with Crippen molar-refractivity contribution in [2.75, 3.05) is 35.2 Å². The van der Waals surface area contributed by atoms with Crippen molar-refractivity contribution in [1.82, 2.24) is 0 Å². The Bertz CT molecular complexity index is 1130. The van der Waals surface area contributed by atoms with Crippen LogP contribution < -0.4 is 15.5 Å². The molecule has 2 N–H and O–H groups in total. The summed E-state index contributed by atoms with van der Waals surface area (Å²) in [6, 6.07) is 7.96. The second-order valence-electron chi connectivity index (χ2n) is 8.78. The normalized spacial score (nSPS) is 11.7. The van der Waals surface area contributed by atoms with E-state index in [-0.39, 0.29) is 12.3 Å². The van der Waals surface area contributed by atoms with Gasteiger partial charge in [0, 0.05) is 24.9 Å². The Labute approximate surface area is 227 Å². The van der Waals surface area contributed by atoms with Gasteiger partial charge in [-0.2, -0.15) is 13.2 Å². The SMILES string of the molecule is CCCCN(CCCC)c1ccc(/C(C)=C/C(=O)OCC)cc1NC(=O)Nc1ccc(Cl)c(C(F)(F)F)c1. The highest BCUT2D eigenvalue weighted by Gasteiger charge is 2.33. The lowest BCUT2D eigenvalue weighted by Crippen LogP contribution is -2.28. The lowest BCUT2D eigenvalue weighted by Gasteiger charge is -2.28. The molecule has 0 saturated carbocycles. The Morgan fingerprint density at radius 1 is 1.00 bits per heavy atom. The second-order valence-corrected chi connectivity index (χ2v) is 9.18. The van der Waals surface area contributed by atoms with E-state index in [1.807, 2.05) is 12.1 Å². The maximum atomic E-state index is 13.3. The number of anilines is 3. The number of carbonyl (C=O) groups is 2. The van der Waals surface area contributed by atoms with Crippen molar-refractivity contribution >= 4 is 46.2 Å². The van der Waals surface area contributed by atoms with Crippen molar-refractivity contribution in [3.8, 4) is 0 Å². The van der Waals surface area contributed by atoms with E-state index in [2.05, 4.69) is 29.4 Å². The minimum Gasteiger partial charge on any atom is -0.463 e. The number of benzene rings is 2. The zero-order valence-electron chi connectivity index (χ0n) is 22.2. The molecule has 2 amide bonds. The number of alkyl halides is 3. The molecule has 2 rings (SSSR count). The Hall–Kier alpha value is -3.20. The smallest absolute Gasteiger partial charge is 0.417 e. The average Bonchev–Trinajstić information content (AvgIpc) is 2.85. The molecule has 0 spiro atoms. The number of urea groups is 1. The third-order valence-electron chi connectivity index (χ3n) is 5.75. The van der Waals surface area contributed by atoms with E-state index in [0.29, 0.717) is 16.8 Å². The highest BCUT2D eigenvalue weighted by molar-refractivity contribution is 6.31. The van der Waals surface area contributed by atoms with Crippen LogP contribution in [0.5, 0.6) is 0 Å². The number of nitrogens with zero attached hydrogens (tertiary/aromatic N) is 1. The van der Waals surface area contributed by atoms with E-state index >= 15 is 0 Å². The number of esters is 1. The van der Waals surface area contributed by atoms with E-state index in [1.165, 1.54) is 12.1 Å². The maximum Gasteiger partial charge on any atom is 0.417 e. The fourth-order valence-electron chi connectivity index (χ4n) is 3.76. The summed E-state index contributed by atoms with van der Waals surface area (Å²) in [6.07, 6.45) is 0.593. The largest absolute Gasteiger partial charge is 0.463 e. The molecule has 0 fully saturated rings. The highest BCUT2D eigenvalue weighted by Crippen LogP contribution is 2.36. The lowest BCUT2D eigenvalue weighted by molar-refractivity contribution is -0.138. The number of nitrogens with one attached hydrogen (secondary N) is 2. The van der Waals surface area contributed by atoms with Crippen molar-refractivity contribution in [2.45, 2.75) is 59.6 Å². The third-order valence-corrected chi connectivity index (χ3v) is 6.08. The molecule has 0 aliphatic rings. The first kappa shape index (κ1) is 31.0. The molecule has 0 radical (unpaired) electrons. The van der Waals surface area contributed by atoms with Crippen LogP contribution in [-0.4, -0.2) is 31.7 Å². The molecule has 2 aromatic rings. The number of hydrogen-bond donors (Lipinski definition) is 2. The van der Waals surface area contributed by atoms with Crippen LogP contribution in [0.4, 0.5) is 35.0 Å². The van der Waals surface area contributed by atoms with Gasteiger partial charge in [0.05, 0.1) is 28.6 Å². The number of carbonyl (C=O) groups excluding carboxylic acids is 2. The first-order valence-electron chi connectivity index (χ1n) is 12.7. The average molecular weight is 554 g/mol. The zero-order chi connectivity index (χ0) is 28.3. The Kier molecular flexibility index (Phi) is 12.0. The fraction of sp³-hybridized carbons (Fsp3) is 0.429. The van der Waals surface area contributed by atoms with Gasteiger partial charge >= 0.3 is 18.2 Å². The molecule has 0 unspecified atom stereocenters. The topological polar surface area (TPSA) is 70.7 Å². The Morgan fingerprint density at radius 3 is 2.24 bits per heavy atom. The zero-order valence-corrected chi connectivity index (χ0v) is 22.9. The highest BCUT2D eigenvalue weighted by atomic mass is 35.5. The number of amides is 2. The standard InChI is InChI=1S/C28H35ClF3N3O3/c1-5-8-14-35(15-9-6-2)25-13-10-20(19(4)16-26(36)38-7-3)17-24(25)34-27(37)33-21-11-12-23(29)22(18-21)28(30,31)32/h10-13,16-18H,5-9,14-15H2,1-4H3,(H2,33,34,37)/b19-16+. The van der Waals surface area contributed by atoms with Gasteiger partial charge < -0.3 is 20.3 Å². The first-order chi connectivity index (χ1) is 18.0. The number of rotatable bonds is 12. The van der Waals surface area contributed by atoms with Crippen molar-refractivity contribution in [1.29, 1.82) is 0 Å². The van der Waals surface area contributed by atoms with Gasteiger partial charge in [-0.15, -0.1) is 0 Å². The summed E-state index contributed by atoms with van der Waals surface area (Å²) in [7, 11) is 0. The molecule has 0 heterocycles. The summed E-state index contributed by atoms with van der Waals surface area (Å²) >= 11 is 5.70. The lowest BCUT2D eigenvalue weighted by atomic mass is 10.0. The molecule has 0 aromatic heterocycles. The second kappa shape index (κ2) is 14.7.